The van der Waals surface area contributed by atoms with Gasteiger partial charge >= 0.3 is 0 Å². The van der Waals surface area contributed by atoms with Gasteiger partial charge in [-0.1, -0.05) is 18.5 Å². The lowest BCUT2D eigenvalue weighted by atomic mass is 10.3. The molecule has 3 heterocycles. The number of rotatable bonds is 3. The van der Waals surface area contributed by atoms with Crippen molar-refractivity contribution in [2.24, 2.45) is 7.05 Å². The highest BCUT2D eigenvalue weighted by Crippen LogP contribution is 2.31. The Labute approximate surface area is 131 Å². The molecule has 0 radical (unpaired) electrons. The van der Waals surface area contributed by atoms with Gasteiger partial charge in [0.2, 0.25) is 0 Å². The molecular weight excluding hydrogens is 306 g/mol. The zero-order chi connectivity index (χ0) is 15.0. The minimum absolute atomic E-state index is 0.363. The SMILES string of the molecule is CCSc1nnc(Cl)cc1-c1nc2cc(C)cnc2n1C. The van der Waals surface area contributed by atoms with Gasteiger partial charge in [-0.3, -0.25) is 0 Å². The molecule has 3 rings (SSSR count). The van der Waals surface area contributed by atoms with E-state index in [4.69, 9.17) is 11.6 Å². The van der Waals surface area contributed by atoms with Gasteiger partial charge < -0.3 is 4.57 Å². The number of aromatic nitrogens is 5. The monoisotopic (exact) mass is 319 g/mol. The van der Waals surface area contributed by atoms with E-state index in [2.05, 4.69) is 27.1 Å². The second-order valence-corrected chi connectivity index (χ2v) is 6.31. The molecule has 0 aliphatic heterocycles. The lowest BCUT2D eigenvalue weighted by molar-refractivity contribution is 0.898. The van der Waals surface area contributed by atoms with Crippen molar-refractivity contribution in [1.29, 1.82) is 0 Å². The maximum atomic E-state index is 6.01. The number of aryl methyl sites for hydroxylation is 2. The number of fused-ring (bicyclic) bond motifs is 1. The quantitative estimate of drug-likeness (QED) is 0.692. The van der Waals surface area contributed by atoms with Crippen molar-refractivity contribution < 1.29 is 0 Å². The van der Waals surface area contributed by atoms with Crippen molar-refractivity contribution in [3.63, 3.8) is 0 Å². The van der Waals surface area contributed by atoms with E-state index < -0.39 is 0 Å². The van der Waals surface area contributed by atoms with Gasteiger partial charge in [-0.05, 0) is 30.4 Å². The molecule has 0 aliphatic rings. The van der Waals surface area contributed by atoms with Crippen LogP contribution in [0.15, 0.2) is 23.4 Å². The Bertz CT molecular complexity index is 814. The number of imidazole rings is 1. The zero-order valence-electron chi connectivity index (χ0n) is 12.0. The molecule has 5 nitrogen and oxygen atoms in total. The van der Waals surface area contributed by atoms with Crippen LogP contribution in [-0.2, 0) is 7.05 Å². The summed E-state index contributed by atoms with van der Waals surface area (Å²) in [6.07, 6.45) is 1.84. The van der Waals surface area contributed by atoms with Gasteiger partial charge in [0.05, 0.1) is 5.56 Å². The molecule has 0 N–H and O–H groups in total. The molecule has 0 aromatic carbocycles. The van der Waals surface area contributed by atoms with E-state index in [0.29, 0.717) is 5.15 Å². The third-order valence-electron chi connectivity index (χ3n) is 3.10. The van der Waals surface area contributed by atoms with Crippen molar-refractivity contribution in [2.45, 2.75) is 18.9 Å². The Balaban J connectivity index is 2.24. The fourth-order valence-electron chi connectivity index (χ4n) is 2.18. The van der Waals surface area contributed by atoms with Crippen LogP contribution in [0.5, 0.6) is 0 Å². The van der Waals surface area contributed by atoms with Crippen LogP contribution in [-0.4, -0.2) is 30.5 Å². The van der Waals surface area contributed by atoms with Crippen LogP contribution in [0.4, 0.5) is 0 Å². The van der Waals surface area contributed by atoms with Gasteiger partial charge in [0.25, 0.3) is 0 Å². The number of halogens is 1. The molecule has 108 valence electrons. The molecule has 0 amide bonds. The fourth-order valence-corrected chi connectivity index (χ4v) is 3.00. The maximum absolute atomic E-state index is 6.01. The van der Waals surface area contributed by atoms with Crippen LogP contribution in [0.2, 0.25) is 5.15 Å². The summed E-state index contributed by atoms with van der Waals surface area (Å²) in [5.41, 5.74) is 3.69. The largest absolute Gasteiger partial charge is 0.312 e. The van der Waals surface area contributed by atoms with Gasteiger partial charge in [-0.2, -0.15) is 0 Å². The predicted molar refractivity (Wildman–Crippen MR) is 85.7 cm³/mol. The molecule has 7 heteroatoms. The van der Waals surface area contributed by atoms with E-state index in [0.717, 1.165) is 38.9 Å². The summed E-state index contributed by atoms with van der Waals surface area (Å²) in [4.78, 5) is 9.14. The van der Waals surface area contributed by atoms with E-state index in [-0.39, 0.29) is 0 Å². The van der Waals surface area contributed by atoms with E-state index in [1.54, 1.807) is 17.8 Å². The predicted octanol–water partition coefficient (Wildman–Crippen LogP) is 3.50. The molecule has 0 atom stereocenters. The fraction of sp³-hybridized carbons (Fsp3) is 0.286. The molecule has 21 heavy (non-hydrogen) atoms. The Hall–Kier alpha value is -1.66. The summed E-state index contributed by atoms with van der Waals surface area (Å²) in [5, 5.41) is 9.30. The minimum Gasteiger partial charge on any atom is -0.312 e. The summed E-state index contributed by atoms with van der Waals surface area (Å²) >= 11 is 7.63. The summed E-state index contributed by atoms with van der Waals surface area (Å²) in [6, 6.07) is 3.83. The number of hydrogen-bond donors (Lipinski definition) is 0. The molecule has 0 aliphatic carbocycles. The van der Waals surface area contributed by atoms with Crippen LogP contribution in [0.25, 0.3) is 22.6 Å². The summed E-state index contributed by atoms with van der Waals surface area (Å²) in [7, 11) is 1.95. The van der Waals surface area contributed by atoms with Crippen LogP contribution in [0, 0.1) is 6.92 Å². The highest BCUT2D eigenvalue weighted by atomic mass is 35.5. The van der Waals surface area contributed by atoms with Gasteiger partial charge in [0.1, 0.15) is 16.4 Å². The van der Waals surface area contributed by atoms with Gasteiger partial charge in [0, 0.05) is 13.2 Å². The normalized spacial score (nSPS) is 11.2. The first-order valence-corrected chi connectivity index (χ1v) is 7.92. The topological polar surface area (TPSA) is 56.5 Å². The second kappa shape index (κ2) is 5.61. The standard InChI is InChI=1S/C14H14ClN5S/c1-4-21-14-9(6-11(15)18-19-14)12-17-10-5-8(2)7-16-13(10)20(12)3/h5-7H,4H2,1-3H3. The molecule has 0 fully saturated rings. The Morgan fingerprint density at radius 2 is 2.10 bits per heavy atom. The number of nitrogens with zero attached hydrogens (tertiary/aromatic N) is 5. The molecular formula is C14H14ClN5S. The van der Waals surface area contributed by atoms with Gasteiger partial charge in [-0.15, -0.1) is 22.0 Å². The highest BCUT2D eigenvalue weighted by Gasteiger charge is 2.16. The smallest absolute Gasteiger partial charge is 0.160 e. The van der Waals surface area contributed by atoms with Gasteiger partial charge in [-0.25, -0.2) is 9.97 Å². The van der Waals surface area contributed by atoms with Crippen LogP contribution < -0.4 is 0 Å². The van der Waals surface area contributed by atoms with Crippen molar-refractivity contribution in [3.05, 3.63) is 29.0 Å². The average Bonchev–Trinajstić information content (AvgIpc) is 2.77. The Kier molecular flexibility index (Phi) is 3.82. The lowest BCUT2D eigenvalue weighted by Gasteiger charge is -2.06. The first-order valence-electron chi connectivity index (χ1n) is 6.55. The number of hydrogen-bond acceptors (Lipinski definition) is 5. The van der Waals surface area contributed by atoms with Crippen molar-refractivity contribution in [1.82, 2.24) is 24.7 Å². The summed E-state index contributed by atoms with van der Waals surface area (Å²) < 4.78 is 1.96. The molecule has 0 saturated carbocycles. The Morgan fingerprint density at radius 3 is 2.86 bits per heavy atom. The lowest BCUT2D eigenvalue weighted by Crippen LogP contribution is -1.98. The van der Waals surface area contributed by atoms with E-state index in [1.165, 1.54) is 0 Å². The first kappa shape index (κ1) is 14.3. The molecule has 0 unspecified atom stereocenters. The van der Waals surface area contributed by atoms with E-state index >= 15 is 0 Å². The molecule has 0 spiro atoms. The first-order chi connectivity index (χ1) is 10.1. The highest BCUT2D eigenvalue weighted by molar-refractivity contribution is 7.99. The number of thioether (sulfide) groups is 1. The summed E-state index contributed by atoms with van der Waals surface area (Å²) in [5.74, 6) is 1.71. The maximum Gasteiger partial charge on any atom is 0.160 e. The van der Waals surface area contributed by atoms with Crippen LogP contribution in [0.1, 0.15) is 12.5 Å². The van der Waals surface area contributed by atoms with E-state index in [9.17, 15) is 0 Å². The molecule has 0 saturated heterocycles. The molecule has 3 aromatic rings. The Morgan fingerprint density at radius 1 is 1.29 bits per heavy atom. The number of pyridine rings is 1. The van der Waals surface area contributed by atoms with Crippen molar-refractivity contribution in [3.8, 4) is 11.4 Å². The molecule has 3 aromatic heterocycles. The van der Waals surface area contributed by atoms with Crippen molar-refractivity contribution >= 4 is 34.5 Å². The third kappa shape index (κ3) is 2.61. The van der Waals surface area contributed by atoms with Gasteiger partial charge in [0.15, 0.2) is 10.8 Å². The van der Waals surface area contributed by atoms with Crippen LogP contribution >= 0.6 is 23.4 Å². The molecule has 0 bridgehead atoms. The zero-order valence-corrected chi connectivity index (χ0v) is 13.5. The summed E-state index contributed by atoms with van der Waals surface area (Å²) in [6.45, 7) is 4.08. The van der Waals surface area contributed by atoms with Crippen molar-refractivity contribution in [2.75, 3.05) is 5.75 Å². The van der Waals surface area contributed by atoms with Crippen LogP contribution in [0.3, 0.4) is 0 Å². The van der Waals surface area contributed by atoms with E-state index in [1.807, 2.05) is 30.8 Å². The minimum atomic E-state index is 0.363. The third-order valence-corrected chi connectivity index (χ3v) is 4.15. The second-order valence-electron chi connectivity index (χ2n) is 4.67. The average molecular weight is 320 g/mol.